The van der Waals surface area contributed by atoms with Gasteiger partial charge in [-0.05, 0) is 29.8 Å². The first kappa shape index (κ1) is 16.1. The molecule has 2 aromatic carbocycles. The highest BCUT2D eigenvalue weighted by Crippen LogP contribution is 2.37. The second-order valence-electron chi connectivity index (χ2n) is 6.54. The van der Waals surface area contributed by atoms with Crippen LogP contribution < -0.4 is 0 Å². The van der Waals surface area contributed by atoms with Gasteiger partial charge in [0.1, 0.15) is 5.60 Å². The summed E-state index contributed by atoms with van der Waals surface area (Å²) in [6, 6.07) is 16.5. The molecule has 2 aromatic rings. The van der Waals surface area contributed by atoms with Crippen LogP contribution in [0.5, 0.6) is 0 Å². The lowest BCUT2D eigenvalue weighted by Gasteiger charge is -2.45. The topological polar surface area (TPSA) is 49.9 Å². The van der Waals surface area contributed by atoms with Gasteiger partial charge >= 0.3 is 0 Å². The summed E-state index contributed by atoms with van der Waals surface area (Å²) in [6.07, 6.45) is 0.310. The van der Waals surface area contributed by atoms with Gasteiger partial charge in [0.15, 0.2) is 0 Å². The third-order valence-corrected chi connectivity index (χ3v) is 4.81. The van der Waals surface area contributed by atoms with Crippen molar-refractivity contribution in [3.8, 4) is 0 Å². The van der Waals surface area contributed by atoms with E-state index in [0.29, 0.717) is 36.6 Å². The minimum atomic E-state index is -0.575. The molecule has 1 spiro atoms. The number of likely N-dealkylation sites (tertiary alicyclic amines) is 1. The highest BCUT2D eigenvalue weighted by Gasteiger charge is 2.54. The Balaban J connectivity index is 1.38. The molecule has 0 unspecified atom stereocenters. The van der Waals surface area contributed by atoms with Gasteiger partial charge in [-0.15, -0.1) is 0 Å². The van der Waals surface area contributed by atoms with Gasteiger partial charge in [-0.3, -0.25) is 14.4 Å². The fourth-order valence-electron chi connectivity index (χ4n) is 3.29. The molecule has 2 aliphatic rings. The van der Waals surface area contributed by atoms with Gasteiger partial charge in [-0.1, -0.05) is 41.9 Å². The first-order valence-corrected chi connectivity index (χ1v) is 8.51. The van der Waals surface area contributed by atoms with Gasteiger partial charge in [0.05, 0.1) is 26.1 Å². The Morgan fingerprint density at radius 1 is 1.08 bits per heavy atom. The van der Waals surface area contributed by atoms with E-state index in [1.54, 1.807) is 29.2 Å². The number of hydrogen-bond acceptors (Lipinski definition) is 3. The third kappa shape index (κ3) is 3.13. The smallest absolute Gasteiger partial charge is 0.254 e. The van der Waals surface area contributed by atoms with E-state index in [1.807, 2.05) is 30.3 Å². The highest BCUT2D eigenvalue weighted by atomic mass is 35.5. The molecule has 25 heavy (non-hydrogen) atoms. The molecule has 0 aliphatic carbocycles. The van der Waals surface area contributed by atoms with E-state index < -0.39 is 5.60 Å². The van der Waals surface area contributed by atoms with Crippen molar-refractivity contribution in [2.24, 2.45) is 0 Å². The van der Waals surface area contributed by atoms with Crippen LogP contribution in [0.3, 0.4) is 0 Å². The van der Waals surface area contributed by atoms with Crippen molar-refractivity contribution in [1.29, 1.82) is 0 Å². The van der Waals surface area contributed by atoms with Crippen LogP contribution in [-0.2, 0) is 16.2 Å². The summed E-state index contributed by atoms with van der Waals surface area (Å²) < 4.78 is 0. The molecule has 2 aliphatic heterocycles. The molecule has 4 rings (SSSR count). The standard InChI is InChI=1S/C19H17ClN2O3/c20-16-8-6-15(7-9-16)18(24)21-12-19(13-21)10-17(23)22(25-19)11-14-4-2-1-3-5-14/h1-9H,10-13H2. The number of halogens is 1. The van der Waals surface area contributed by atoms with Crippen LogP contribution in [0.1, 0.15) is 22.3 Å². The van der Waals surface area contributed by atoms with Crippen molar-refractivity contribution in [2.45, 2.75) is 18.6 Å². The number of nitrogens with zero attached hydrogens (tertiary/aromatic N) is 2. The maximum atomic E-state index is 12.5. The molecule has 6 heteroatoms. The number of hydrogen-bond donors (Lipinski definition) is 0. The molecule has 0 atom stereocenters. The van der Waals surface area contributed by atoms with E-state index in [2.05, 4.69) is 0 Å². The molecule has 0 radical (unpaired) electrons. The summed E-state index contributed by atoms with van der Waals surface area (Å²) in [5, 5.41) is 2.01. The summed E-state index contributed by atoms with van der Waals surface area (Å²) in [4.78, 5) is 32.3. The predicted molar refractivity (Wildman–Crippen MR) is 92.8 cm³/mol. The predicted octanol–water partition coefficient (Wildman–Crippen LogP) is 2.90. The summed E-state index contributed by atoms with van der Waals surface area (Å²) in [5.74, 6) is -0.109. The van der Waals surface area contributed by atoms with E-state index in [9.17, 15) is 9.59 Å². The molecule has 0 N–H and O–H groups in total. The number of hydroxylamine groups is 2. The zero-order valence-corrected chi connectivity index (χ0v) is 14.3. The molecular formula is C19H17ClN2O3. The Hall–Kier alpha value is -2.37. The Morgan fingerprint density at radius 3 is 2.44 bits per heavy atom. The Kier molecular flexibility index (Phi) is 3.98. The molecule has 0 saturated carbocycles. The van der Waals surface area contributed by atoms with Crippen LogP contribution in [0, 0.1) is 0 Å². The first-order valence-electron chi connectivity index (χ1n) is 8.13. The number of carbonyl (C=O) groups excluding carboxylic acids is 2. The van der Waals surface area contributed by atoms with Gasteiger partial charge in [-0.25, -0.2) is 5.06 Å². The number of amides is 2. The average Bonchev–Trinajstić information content (AvgIpc) is 2.91. The Labute approximate surface area is 150 Å². The van der Waals surface area contributed by atoms with E-state index in [4.69, 9.17) is 16.4 Å². The van der Waals surface area contributed by atoms with Crippen molar-refractivity contribution >= 4 is 23.4 Å². The van der Waals surface area contributed by atoms with Gasteiger partial charge in [0.2, 0.25) is 5.91 Å². The summed E-state index contributed by atoms with van der Waals surface area (Å²) in [7, 11) is 0. The Bertz CT molecular complexity index is 801. The van der Waals surface area contributed by atoms with Gasteiger partial charge < -0.3 is 4.90 Å². The SMILES string of the molecule is O=C(c1ccc(Cl)cc1)N1CC2(CC(=O)N(Cc3ccccc3)O2)C1. The number of rotatable bonds is 3. The van der Waals surface area contributed by atoms with E-state index in [1.165, 1.54) is 5.06 Å². The lowest BCUT2D eigenvalue weighted by molar-refractivity contribution is -0.233. The third-order valence-electron chi connectivity index (χ3n) is 4.56. The van der Waals surface area contributed by atoms with Crippen molar-refractivity contribution in [3.63, 3.8) is 0 Å². The van der Waals surface area contributed by atoms with Crippen LogP contribution in [0.2, 0.25) is 5.02 Å². The maximum Gasteiger partial charge on any atom is 0.254 e. The zero-order chi connectivity index (χ0) is 17.4. The molecule has 2 amide bonds. The highest BCUT2D eigenvalue weighted by molar-refractivity contribution is 6.30. The summed E-state index contributed by atoms with van der Waals surface area (Å²) in [6.45, 7) is 1.27. The lowest BCUT2D eigenvalue weighted by Crippen LogP contribution is -2.63. The maximum absolute atomic E-state index is 12.5. The molecule has 2 saturated heterocycles. The van der Waals surface area contributed by atoms with Gasteiger partial charge in [-0.2, -0.15) is 0 Å². The summed E-state index contributed by atoms with van der Waals surface area (Å²) in [5.41, 5.74) is 1.03. The van der Waals surface area contributed by atoms with E-state index in [0.717, 1.165) is 5.56 Å². The normalized spacial score (nSPS) is 18.5. The molecule has 5 nitrogen and oxygen atoms in total. The summed E-state index contributed by atoms with van der Waals surface area (Å²) >= 11 is 5.85. The minimum absolute atomic E-state index is 0.0394. The first-order chi connectivity index (χ1) is 12.0. The van der Waals surface area contributed by atoms with E-state index in [-0.39, 0.29) is 11.8 Å². The minimum Gasteiger partial charge on any atom is -0.332 e. The number of carbonyl (C=O) groups is 2. The van der Waals surface area contributed by atoms with Crippen molar-refractivity contribution in [2.75, 3.05) is 13.1 Å². The quantitative estimate of drug-likeness (QED) is 0.849. The molecule has 128 valence electrons. The molecule has 2 fully saturated rings. The van der Waals surface area contributed by atoms with E-state index >= 15 is 0 Å². The molecular weight excluding hydrogens is 340 g/mol. The van der Waals surface area contributed by atoms with Crippen molar-refractivity contribution in [1.82, 2.24) is 9.96 Å². The largest absolute Gasteiger partial charge is 0.332 e. The fraction of sp³-hybridized carbons (Fsp3) is 0.263. The van der Waals surface area contributed by atoms with Crippen LogP contribution >= 0.6 is 11.6 Å². The van der Waals surface area contributed by atoms with Gasteiger partial charge in [0, 0.05) is 10.6 Å². The molecule has 2 heterocycles. The molecule has 0 aromatic heterocycles. The van der Waals surface area contributed by atoms with Crippen molar-refractivity contribution in [3.05, 3.63) is 70.7 Å². The van der Waals surface area contributed by atoms with Crippen LogP contribution in [0.25, 0.3) is 0 Å². The Morgan fingerprint density at radius 2 is 1.76 bits per heavy atom. The zero-order valence-electron chi connectivity index (χ0n) is 13.5. The van der Waals surface area contributed by atoms with Crippen LogP contribution in [-0.4, -0.2) is 40.5 Å². The second kappa shape index (κ2) is 6.17. The average molecular weight is 357 g/mol. The van der Waals surface area contributed by atoms with Crippen molar-refractivity contribution < 1.29 is 14.4 Å². The van der Waals surface area contributed by atoms with Crippen LogP contribution in [0.4, 0.5) is 0 Å². The second-order valence-corrected chi connectivity index (χ2v) is 6.97. The van der Waals surface area contributed by atoms with Gasteiger partial charge in [0.25, 0.3) is 5.91 Å². The monoisotopic (exact) mass is 356 g/mol. The number of benzene rings is 2. The fourth-order valence-corrected chi connectivity index (χ4v) is 3.41. The molecule has 0 bridgehead atoms. The lowest BCUT2D eigenvalue weighted by atomic mass is 9.90. The van der Waals surface area contributed by atoms with Crippen LogP contribution in [0.15, 0.2) is 54.6 Å².